The van der Waals surface area contributed by atoms with E-state index in [0.29, 0.717) is 23.7 Å². The van der Waals surface area contributed by atoms with E-state index in [4.69, 9.17) is 88.6 Å². The van der Waals surface area contributed by atoms with Gasteiger partial charge in [-0.25, -0.2) is 19.2 Å². The molecule has 0 radical (unpaired) electrons. The van der Waals surface area contributed by atoms with E-state index < -0.39 is 46.5 Å². The van der Waals surface area contributed by atoms with E-state index in [1.165, 1.54) is 0 Å². The molecule has 8 nitrogen and oxygen atoms in total. The largest absolute Gasteiger partial charge is 0.462 e. The number of halogens is 6. The first-order valence-corrected chi connectivity index (χ1v) is 17.0. The van der Waals surface area contributed by atoms with Gasteiger partial charge in [0.25, 0.3) is 0 Å². The van der Waals surface area contributed by atoms with Crippen molar-refractivity contribution in [2.75, 3.05) is 13.2 Å². The molecule has 250 valence electrons. The van der Waals surface area contributed by atoms with Crippen LogP contribution in [0, 0.1) is 35.5 Å². The lowest BCUT2D eigenvalue weighted by Gasteiger charge is -2.37. The minimum atomic E-state index is -1.64. The highest BCUT2D eigenvalue weighted by Crippen LogP contribution is 2.44. The Hall–Kier alpha value is -1.94. The van der Waals surface area contributed by atoms with Gasteiger partial charge in [-0.15, -0.1) is 0 Å². The van der Waals surface area contributed by atoms with Crippen molar-refractivity contribution < 1.29 is 38.1 Å². The molecule has 2 aromatic carbocycles. The summed E-state index contributed by atoms with van der Waals surface area (Å²) in [5.74, 6) is -3.88. The SMILES string of the molecule is CC(C)C1CC(COC(=O)c2c(Cl)c(Cl)cc(Cl)c2OC(=O)C(=O)Oc2c(Cl)cc(Cl)c(Cl)c2C(=O)OCC2CC(C(C)C)C2)C1. The van der Waals surface area contributed by atoms with Crippen molar-refractivity contribution in [2.45, 2.75) is 53.4 Å². The number of hydrogen-bond donors (Lipinski definition) is 0. The van der Waals surface area contributed by atoms with Crippen LogP contribution in [0.1, 0.15) is 74.1 Å². The maximum Gasteiger partial charge on any atom is 0.423 e. The van der Waals surface area contributed by atoms with Gasteiger partial charge in [0.1, 0.15) is 11.1 Å². The van der Waals surface area contributed by atoms with Crippen LogP contribution in [0.5, 0.6) is 11.5 Å². The van der Waals surface area contributed by atoms with E-state index in [0.717, 1.165) is 37.8 Å². The third-order valence-electron chi connectivity index (χ3n) is 8.55. The quantitative estimate of drug-likeness (QED) is 0.102. The normalized spacial score (nSPS) is 20.5. The highest BCUT2D eigenvalue weighted by atomic mass is 35.5. The first kappa shape index (κ1) is 36.9. The standard InChI is InChI=1S/C32H32Cl6O8/c1-13(2)17-5-15(6-17)11-43-29(39)23-25(37)19(33)9-21(35)27(23)45-31(41)32(42)46-28-22(36)10-20(34)26(38)24(28)30(40)44-12-16-7-18(8-16)14(3)4/h9-10,13-18H,5-8,11-12H2,1-4H3. The lowest BCUT2D eigenvalue weighted by molar-refractivity contribution is -0.156. The predicted molar refractivity (Wildman–Crippen MR) is 177 cm³/mol. The summed E-state index contributed by atoms with van der Waals surface area (Å²) in [5.41, 5.74) is -0.903. The maximum atomic E-state index is 13.1. The average molecular weight is 757 g/mol. The molecular weight excluding hydrogens is 725 g/mol. The molecule has 14 heteroatoms. The van der Waals surface area contributed by atoms with Crippen molar-refractivity contribution in [3.8, 4) is 11.5 Å². The van der Waals surface area contributed by atoms with Crippen LogP contribution in [0.3, 0.4) is 0 Å². The molecule has 0 unspecified atom stereocenters. The van der Waals surface area contributed by atoms with E-state index in [1.807, 2.05) is 0 Å². The minimum Gasteiger partial charge on any atom is -0.462 e. The van der Waals surface area contributed by atoms with Crippen LogP contribution >= 0.6 is 69.6 Å². The molecule has 0 amide bonds. The van der Waals surface area contributed by atoms with Crippen molar-refractivity contribution in [3.05, 3.63) is 53.4 Å². The Bertz CT molecular complexity index is 1420. The number of benzene rings is 2. The van der Waals surface area contributed by atoms with E-state index in [2.05, 4.69) is 27.7 Å². The number of ether oxygens (including phenoxy) is 4. The molecule has 2 saturated carbocycles. The molecule has 2 aromatic rings. The Kier molecular flexibility index (Phi) is 12.4. The summed E-state index contributed by atoms with van der Waals surface area (Å²) in [5, 5.41) is -1.44. The van der Waals surface area contributed by atoms with Crippen LogP contribution in [0.15, 0.2) is 12.1 Å². The van der Waals surface area contributed by atoms with E-state index in [9.17, 15) is 19.2 Å². The topological polar surface area (TPSA) is 105 Å². The molecular formula is C32H32Cl6O8. The van der Waals surface area contributed by atoms with Gasteiger partial charge >= 0.3 is 23.9 Å². The molecule has 0 N–H and O–H groups in total. The first-order valence-electron chi connectivity index (χ1n) is 14.7. The third kappa shape index (κ3) is 8.37. The average Bonchev–Trinajstić information content (AvgIpc) is 2.92. The number of esters is 4. The maximum absolute atomic E-state index is 13.1. The number of hydrogen-bond acceptors (Lipinski definition) is 8. The second-order valence-corrected chi connectivity index (χ2v) is 14.8. The van der Waals surface area contributed by atoms with Gasteiger partial charge in [-0.3, -0.25) is 0 Å². The van der Waals surface area contributed by atoms with Crippen LogP contribution in [0.4, 0.5) is 0 Å². The smallest absolute Gasteiger partial charge is 0.423 e. The summed E-state index contributed by atoms with van der Waals surface area (Å²) in [4.78, 5) is 52.1. The predicted octanol–water partition coefficient (Wildman–Crippen LogP) is 9.80. The van der Waals surface area contributed by atoms with Crippen molar-refractivity contribution >= 4 is 93.5 Å². The van der Waals surface area contributed by atoms with Crippen molar-refractivity contribution in [1.29, 1.82) is 0 Å². The molecule has 0 aliphatic heterocycles. The van der Waals surface area contributed by atoms with Crippen LogP contribution in [-0.4, -0.2) is 37.1 Å². The lowest BCUT2D eigenvalue weighted by Crippen LogP contribution is -2.32. The van der Waals surface area contributed by atoms with Gasteiger partial charge in [-0.2, -0.15) is 0 Å². The van der Waals surface area contributed by atoms with E-state index in [1.54, 1.807) is 0 Å². The number of rotatable bonds is 10. The van der Waals surface area contributed by atoms with Crippen LogP contribution in [0.25, 0.3) is 0 Å². The second-order valence-electron chi connectivity index (χ2n) is 12.4. The van der Waals surface area contributed by atoms with Crippen molar-refractivity contribution in [3.63, 3.8) is 0 Å². The molecule has 0 saturated heterocycles. The molecule has 0 spiro atoms. The van der Waals surface area contributed by atoms with Gasteiger partial charge < -0.3 is 18.9 Å². The van der Waals surface area contributed by atoms with Gasteiger partial charge in [-0.05, 0) is 73.3 Å². The Balaban J connectivity index is 1.49. The number of carbonyl (C=O) groups excluding carboxylic acids is 4. The molecule has 0 atom stereocenters. The third-order valence-corrected chi connectivity index (χ3v) is 10.7. The highest BCUT2D eigenvalue weighted by Gasteiger charge is 2.36. The van der Waals surface area contributed by atoms with Crippen molar-refractivity contribution in [1.82, 2.24) is 0 Å². The fourth-order valence-electron chi connectivity index (χ4n) is 5.46. The van der Waals surface area contributed by atoms with Gasteiger partial charge in [-0.1, -0.05) is 97.3 Å². The molecule has 2 aliphatic rings. The van der Waals surface area contributed by atoms with Gasteiger partial charge in [0, 0.05) is 0 Å². The Morgan fingerprint density at radius 1 is 0.609 bits per heavy atom. The zero-order valence-electron chi connectivity index (χ0n) is 25.4. The van der Waals surface area contributed by atoms with Gasteiger partial charge in [0.05, 0.1) is 43.3 Å². The van der Waals surface area contributed by atoms with Gasteiger partial charge in [0.15, 0.2) is 11.5 Å². The molecule has 4 rings (SSSR count). The summed E-state index contributed by atoms with van der Waals surface area (Å²) in [6.45, 7) is 8.73. The molecule has 46 heavy (non-hydrogen) atoms. The second kappa shape index (κ2) is 15.5. The highest BCUT2D eigenvalue weighted by molar-refractivity contribution is 6.47. The van der Waals surface area contributed by atoms with Crippen LogP contribution in [0.2, 0.25) is 30.1 Å². The Morgan fingerprint density at radius 3 is 1.24 bits per heavy atom. The summed E-state index contributed by atoms with van der Waals surface area (Å²) < 4.78 is 21.2. The summed E-state index contributed by atoms with van der Waals surface area (Å²) >= 11 is 37.3. The minimum absolute atomic E-state index is 0.103. The summed E-state index contributed by atoms with van der Waals surface area (Å²) in [7, 11) is 0. The molecule has 2 fully saturated rings. The zero-order valence-corrected chi connectivity index (χ0v) is 29.9. The van der Waals surface area contributed by atoms with E-state index >= 15 is 0 Å². The lowest BCUT2D eigenvalue weighted by atomic mass is 9.70. The Morgan fingerprint density at radius 2 is 0.935 bits per heavy atom. The Labute approximate surface area is 297 Å². The van der Waals surface area contributed by atoms with Crippen LogP contribution in [-0.2, 0) is 19.1 Å². The fourth-order valence-corrected chi connectivity index (χ4v) is 6.90. The van der Waals surface area contributed by atoms with Gasteiger partial charge in [0.2, 0.25) is 0 Å². The van der Waals surface area contributed by atoms with Crippen molar-refractivity contribution in [2.24, 2.45) is 35.5 Å². The monoisotopic (exact) mass is 754 g/mol. The fraction of sp³-hybridized carbons (Fsp3) is 0.500. The zero-order chi connectivity index (χ0) is 34.0. The molecule has 0 bridgehead atoms. The number of carbonyl (C=O) groups is 4. The van der Waals surface area contributed by atoms with E-state index in [-0.39, 0.29) is 55.2 Å². The molecule has 2 aliphatic carbocycles. The van der Waals surface area contributed by atoms with Crippen LogP contribution < -0.4 is 9.47 Å². The first-order chi connectivity index (χ1) is 21.6. The molecule has 0 heterocycles. The summed E-state index contributed by atoms with van der Waals surface area (Å²) in [6, 6.07) is 2.26. The molecule has 0 aromatic heterocycles. The summed E-state index contributed by atoms with van der Waals surface area (Å²) in [6.07, 6.45) is 3.59.